The van der Waals surface area contributed by atoms with Gasteiger partial charge in [-0.3, -0.25) is 4.90 Å². The molecular formula is C27H43NO8. The molecule has 204 valence electrons. The highest BCUT2D eigenvalue weighted by Crippen LogP contribution is 2.76. The summed E-state index contributed by atoms with van der Waals surface area (Å²) in [6, 6.07) is -0.130. The third-order valence-corrected chi connectivity index (χ3v) is 12.8. The Balaban J connectivity index is 1.37. The second-order valence-corrected chi connectivity index (χ2v) is 14.2. The van der Waals surface area contributed by atoms with Crippen molar-refractivity contribution in [3.8, 4) is 0 Å². The smallest absolute Gasteiger partial charge is 0.196 e. The molecule has 7 aliphatic rings. The van der Waals surface area contributed by atoms with E-state index in [1.165, 1.54) is 0 Å². The van der Waals surface area contributed by atoms with Crippen molar-refractivity contribution in [1.82, 2.24) is 4.90 Å². The third kappa shape index (κ3) is 2.46. The second kappa shape index (κ2) is 7.04. The quantitative estimate of drug-likeness (QED) is 0.222. The first-order valence-corrected chi connectivity index (χ1v) is 14.1. The van der Waals surface area contributed by atoms with Gasteiger partial charge in [0, 0.05) is 42.3 Å². The van der Waals surface area contributed by atoms with Crippen LogP contribution in [0, 0.1) is 40.9 Å². The number of hydrogen-bond donors (Lipinski definition) is 7. The molecule has 3 aliphatic heterocycles. The highest BCUT2D eigenvalue weighted by Gasteiger charge is 2.86. The fourth-order valence-corrected chi connectivity index (χ4v) is 11.4. The fraction of sp³-hybridized carbons (Fsp3) is 1.00. The number of nitrogens with zero attached hydrogens (tertiary/aromatic N) is 1. The number of hydrogen-bond acceptors (Lipinski definition) is 9. The Morgan fingerprint density at radius 3 is 2.39 bits per heavy atom. The molecule has 0 aromatic heterocycles. The minimum absolute atomic E-state index is 0.130. The van der Waals surface area contributed by atoms with Gasteiger partial charge in [-0.05, 0) is 63.2 Å². The third-order valence-electron chi connectivity index (χ3n) is 12.8. The van der Waals surface area contributed by atoms with Crippen LogP contribution in [0.25, 0.3) is 0 Å². The summed E-state index contributed by atoms with van der Waals surface area (Å²) in [6.07, 6.45) is -1.92. The first-order chi connectivity index (χ1) is 16.7. The van der Waals surface area contributed by atoms with Crippen molar-refractivity contribution in [3.05, 3.63) is 0 Å². The molecular weight excluding hydrogens is 466 g/mol. The van der Waals surface area contributed by atoms with Gasteiger partial charge < -0.3 is 40.5 Å². The molecule has 9 heteroatoms. The van der Waals surface area contributed by atoms with Crippen LogP contribution in [0.3, 0.4) is 0 Å². The molecule has 0 unspecified atom stereocenters. The van der Waals surface area contributed by atoms with Crippen molar-refractivity contribution in [2.75, 3.05) is 13.1 Å². The number of aliphatic hydroxyl groups is 7. The first kappa shape index (κ1) is 24.7. The Bertz CT molecular complexity index is 964. The molecule has 0 amide bonds. The molecule has 3 saturated heterocycles. The van der Waals surface area contributed by atoms with Crippen LogP contribution in [0.2, 0.25) is 0 Å². The van der Waals surface area contributed by atoms with E-state index in [2.05, 4.69) is 11.8 Å². The maximum absolute atomic E-state index is 12.5. The van der Waals surface area contributed by atoms with Gasteiger partial charge in [0.25, 0.3) is 0 Å². The van der Waals surface area contributed by atoms with Crippen LogP contribution in [0.15, 0.2) is 0 Å². The van der Waals surface area contributed by atoms with Crippen LogP contribution >= 0.6 is 0 Å². The Morgan fingerprint density at radius 2 is 1.67 bits per heavy atom. The number of fused-ring (bicyclic) bond motifs is 5. The van der Waals surface area contributed by atoms with E-state index in [1.807, 2.05) is 6.92 Å². The molecule has 4 bridgehead atoms. The summed E-state index contributed by atoms with van der Waals surface area (Å²) in [4.78, 5) is 2.30. The Kier molecular flexibility index (Phi) is 4.82. The van der Waals surface area contributed by atoms with Crippen LogP contribution in [0.1, 0.15) is 59.3 Å². The van der Waals surface area contributed by atoms with Crippen LogP contribution in [-0.4, -0.2) is 107 Å². The van der Waals surface area contributed by atoms with E-state index in [4.69, 9.17) is 4.74 Å². The van der Waals surface area contributed by atoms with E-state index < -0.39 is 76.1 Å². The maximum atomic E-state index is 12.5. The van der Waals surface area contributed by atoms with E-state index in [9.17, 15) is 35.7 Å². The van der Waals surface area contributed by atoms with E-state index in [-0.39, 0.29) is 18.4 Å². The average Bonchev–Trinajstić information content (AvgIpc) is 3.08. The van der Waals surface area contributed by atoms with Gasteiger partial charge in [0.1, 0.15) is 17.8 Å². The molecule has 7 rings (SSSR count). The van der Waals surface area contributed by atoms with Crippen molar-refractivity contribution < 1.29 is 40.5 Å². The molecule has 9 nitrogen and oxygen atoms in total. The monoisotopic (exact) mass is 509 g/mol. The van der Waals surface area contributed by atoms with Gasteiger partial charge in [0.2, 0.25) is 0 Å². The average molecular weight is 510 g/mol. The minimum atomic E-state index is -1.85. The van der Waals surface area contributed by atoms with Crippen molar-refractivity contribution in [3.63, 3.8) is 0 Å². The number of aliphatic hydroxyl groups excluding tert-OH is 4. The molecule has 4 aliphatic carbocycles. The Hall–Kier alpha value is -0.360. The molecule has 0 radical (unpaired) electrons. The van der Waals surface area contributed by atoms with Crippen LogP contribution in [0.5, 0.6) is 0 Å². The van der Waals surface area contributed by atoms with Gasteiger partial charge in [-0.1, -0.05) is 13.8 Å². The summed E-state index contributed by atoms with van der Waals surface area (Å²) in [5.41, 5.74) is -4.88. The molecule has 4 saturated carbocycles. The standard InChI is InChI=1S/C27H43NO8/c1-12-4-5-17-24(3,33)19-13(11-28(17)10-12)14-9-25-21(26(14,34)22(32)20(19)31)15(29)8-16-23(25,2)7-6-18(30)27(16,35)36-25/h12-22,29-35H,4-11H2,1-3H3/t12-,13-,14-,15+,16+,17-,18-,19+,20+,21+,22-,23-,24+,25+,26-,27+/m0/s1. The highest BCUT2D eigenvalue weighted by atomic mass is 16.7. The number of ether oxygens (including phenoxy) is 1. The zero-order valence-electron chi connectivity index (χ0n) is 21.5. The van der Waals surface area contributed by atoms with Crippen molar-refractivity contribution in [1.29, 1.82) is 0 Å². The van der Waals surface area contributed by atoms with E-state index in [1.54, 1.807) is 6.92 Å². The van der Waals surface area contributed by atoms with Gasteiger partial charge in [-0.25, -0.2) is 0 Å². The summed E-state index contributed by atoms with van der Waals surface area (Å²) in [5, 5.41) is 81.4. The summed E-state index contributed by atoms with van der Waals surface area (Å²) in [7, 11) is 0. The molecule has 1 spiro atoms. The lowest BCUT2D eigenvalue weighted by Gasteiger charge is -2.63. The topological polar surface area (TPSA) is 154 Å². The van der Waals surface area contributed by atoms with E-state index >= 15 is 0 Å². The van der Waals surface area contributed by atoms with E-state index in [0.29, 0.717) is 31.7 Å². The zero-order chi connectivity index (χ0) is 25.8. The predicted octanol–water partition coefficient (Wildman–Crippen LogP) is -0.814. The first-order valence-electron chi connectivity index (χ1n) is 14.1. The zero-order valence-corrected chi connectivity index (χ0v) is 21.5. The fourth-order valence-electron chi connectivity index (χ4n) is 11.4. The molecule has 7 N–H and O–H groups in total. The second-order valence-electron chi connectivity index (χ2n) is 14.2. The summed E-state index contributed by atoms with van der Waals surface area (Å²) in [6.45, 7) is 7.40. The summed E-state index contributed by atoms with van der Waals surface area (Å²) < 4.78 is 6.51. The van der Waals surface area contributed by atoms with E-state index in [0.717, 1.165) is 19.4 Å². The van der Waals surface area contributed by atoms with Crippen LogP contribution < -0.4 is 0 Å². The van der Waals surface area contributed by atoms with Gasteiger partial charge in [-0.2, -0.15) is 0 Å². The van der Waals surface area contributed by atoms with Crippen molar-refractivity contribution >= 4 is 0 Å². The lowest BCUT2D eigenvalue weighted by atomic mass is 9.49. The number of piperidine rings is 2. The van der Waals surface area contributed by atoms with Gasteiger partial charge in [-0.15, -0.1) is 0 Å². The summed E-state index contributed by atoms with van der Waals surface area (Å²) >= 11 is 0. The van der Waals surface area contributed by atoms with Gasteiger partial charge >= 0.3 is 0 Å². The molecule has 0 aromatic carbocycles. The van der Waals surface area contributed by atoms with Crippen LogP contribution in [-0.2, 0) is 4.74 Å². The van der Waals surface area contributed by atoms with Crippen molar-refractivity contribution in [2.24, 2.45) is 40.9 Å². The van der Waals surface area contributed by atoms with Gasteiger partial charge in [0.15, 0.2) is 5.79 Å². The summed E-state index contributed by atoms with van der Waals surface area (Å²) in [5.74, 6) is -4.29. The molecule has 0 aromatic rings. The molecule has 3 heterocycles. The molecule has 36 heavy (non-hydrogen) atoms. The lowest BCUT2D eigenvalue weighted by Crippen LogP contribution is -2.76. The Labute approximate surface area is 212 Å². The largest absolute Gasteiger partial charge is 0.393 e. The molecule has 16 atom stereocenters. The highest BCUT2D eigenvalue weighted by molar-refractivity contribution is 5.33. The predicted molar refractivity (Wildman–Crippen MR) is 126 cm³/mol. The van der Waals surface area contributed by atoms with Crippen molar-refractivity contribution in [2.45, 2.75) is 112 Å². The normalized spacial score (nSPS) is 68.0. The van der Waals surface area contributed by atoms with Crippen LogP contribution in [0.4, 0.5) is 0 Å². The Morgan fingerprint density at radius 1 is 0.944 bits per heavy atom. The SMILES string of the molecule is C[C@H]1CC[C@@H]2N(C1)C[C@@H]1[C@H]([C@@H](O)[C@H](O)[C@]3(O)[C@H]1C[C@]14O[C@@]5(O)[C@@H](O)CC[C@@]1(C)[C@H]5C[C@@H](O)[C@@H]34)[C@]2(C)O. The molecule has 7 fully saturated rings. The lowest BCUT2D eigenvalue weighted by molar-refractivity contribution is -0.295. The van der Waals surface area contributed by atoms with Gasteiger partial charge in [0.05, 0.1) is 23.4 Å². The minimum Gasteiger partial charge on any atom is -0.393 e. The maximum Gasteiger partial charge on any atom is 0.196 e. The number of rotatable bonds is 0.